The van der Waals surface area contributed by atoms with Crippen molar-refractivity contribution in [3.8, 4) is 0 Å². The number of aromatic nitrogens is 1. The molecule has 0 atom stereocenters. The van der Waals surface area contributed by atoms with Gasteiger partial charge < -0.3 is 16.4 Å². The summed E-state index contributed by atoms with van der Waals surface area (Å²) in [6.07, 6.45) is 4.14. The molecule has 1 aromatic heterocycles. The van der Waals surface area contributed by atoms with Crippen LogP contribution in [0.25, 0.3) is 0 Å². The van der Waals surface area contributed by atoms with Crippen molar-refractivity contribution in [3.63, 3.8) is 0 Å². The van der Waals surface area contributed by atoms with Crippen LogP contribution in [0.5, 0.6) is 0 Å². The number of pyridine rings is 1. The molecule has 1 rings (SSSR count). The average molecular weight is 405 g/mol. The van der Waals surface area contributed by atoms with E-state index in [1.165, 1.54) is 0 Å². The number of halogens is 1. The molecule has 0 spiro atoms. The van der Waals surface area contributed by atoms with E-state index in [2.05, 4.69) is 27.5 Å². The zero-order chi connectivity index (χ0) is 14.8. The number of carbonyl (C=O) groups is 1. The maximum atomic E-state index is 11.7. The van der Waals surface area contributed by atoms with Gasteiger partial charge in [-0.1, -0.05) is 19.4 Å². The first-order valence-corrected chi connectivity index (χ1v) is 6.88. The highest BCUT2D eigenvalue weighted by Gasteiger charge is 2.03. The summed E-state index contributed by atoms with van der Waals surface area (Å²) in [6.45, 7) is 5.22. The first-order chi connectivity index (χ1) is 9.61. The molecule has 7 heteroatoms. The highest BCUT2D eigenvalue weighted by molar-refractivity contribution is 14.0. The van der Waals surface area contributed by atoms with Crippen molar-refractivity contribution in [3.05, 3.63) is 23.9 Å². The second-order valence-electron chi connectivity index (χ2n) is 4.57. The number of nitrogens with zero attached hydrogens (tertiary/aromatic N) is 2. The number of rotatable bonds is 7. The van der Waals surface area contributed by atoms with Crippen molar-refractivity contribution < 1.29 is 4.79 Å². The summed E-state index contributed by atoms with van der Waals surface area (Å²) in [5.74, 6) is 0.847. The number of unbranched alkanes of at least 4 members (excludes halogenated alkanes) is 1. The molecule has 118 valence electrons. The van der Waals surface area contributed by atoms with Crippen LogP contribution < -0.4 is 16.4 Å². The molecule has 0 unspecified atom stereocenters. The molecule has 0 aromatic carbocycles. The lowest BCUT2D eigenvalue weighted by Gasteiger charge is -2.06. The van der Waals surface area contributed by atoms with Crippen molar-refractivity contribution in [2.75, 3.05) is 18.4 Å². The SMILES string of the molecule is CCCCN=C(N)NCCC(=O)Nc1ccc(C)cn1.I. The maximum absolute atomic E-state index is 11.7. The van der Waals surface area contributed by atoms with E-state index in [1.54, 1.807) is 12.3 Å². The van der Waals surface area contributed by atoms with Gasteiger partial charge in [-0.2, -0.15) is 0 Å². The second-order valence-corrected chi connectivity index (χ2v) is 4.57. The highest BCUT2D eigenvalue weighted by Crippen LogP contribution is 2.03. The van der Waals surface area contributed by atoms with E-state index in [4.69, 9.17) is 5.73 Å². The number of hydrogen-bond donors (Lipinski definition) is 3. The molecule has 6 nitrogen and oxygen atoms in total. The van der Waals surface area contributed by atoms with Crippen molar-refractivity contribution in [2.45, 2.75) is 33.1 Å². The van der Waals surface area contributed by atoms with Crippen LogP contribution in [0, 0.1) is 6.92 Å². The Bertz CT molecular complexity index is 447. The number of hydrogen-bond acceptors (Lipinski definition) is 3. The van der Waals surface area contributed by atoms with Crippen LogP contribution in [0.3, 0.4) is 0 Å². The Hall–Kier alpha value is -1.38. The van der Waals surface area contributed by atoms with Crippen LogP contribution in [0.2, 0.25) is 0 Å². The summed E-state index contributed by atoms with van der Waals surface area (Å²) in [5, 5.41) is 5.64. The topological polar surface area (TPSA) is 92.4 Å². The molecule has 0 saturated carbocycles. The van der Waals surface area contributed by atoms with Crippen LogP contribution in [-0.2, 0) is 4.79 Å². The van der Waals surface area contributed by atoms with Crippen LogP contribution in [0.1, 0.15) is 31.7 Å². The molecule has 0 aliphatic heterocycles. The Kier molecular flexibility index (Phi) is 10.6. The number of anilines is 1. The Morgan fingerprint density at radius 1 is 1.43 bits per heavy atom. The number of carbonyl (C=O) groups excluding carboxylic acids is 1. The largest absolute Gasteiger partial charge is 0.370 e. The Morgan fingerprint density at radius 2 is 2.19 bits per heavy atom. The van der Waals surface area contributed by atoms with Gasteiger partial charge in [0.25, 0.3) is 0 Å². The quantitative estimate of drug-likeness (QED) is 0.280. The number of nitrogens with one attached hydrogen (secondary N) is 2. The van der Waals surface area contributed by atoms with E-state index in [-0.39, 0.29) is 29.9 Å². The Balaban J connectivity index is 0.00000400. The molecule has 0 aliphatic rings. The maximum Gasteiger partial charge on any atom is 0.227 e. The third-order valence-corrected chi connectivity index (χ3v) is 2.63. The second kappa shape index (κ2) is 11.3. The van der Waals surface area contributed by atoms with E-state index in [0.29, 0.717) is 24.7 Å². The standard InChI is InChI=1S/C14H23N5O.HI/c1-3-4-8-16-14(15)17-9-7-13(20)19-12-6-5-11(2)10-18-12;/h5-6,10H,3-4,7-9H2,1-2H3,(H3,15,16,17)(H,18,19,20);1H. The lowest BCUT2D eigenvalue weighted by molar-refractivity contribution is -0.116. The van der Waals surface area contributed by atoms with Gasteiger partial charge in [0.1, 0.15) is 5.82 Å². The van der Waals surface area contributed by atoms with Crippen molar-refractivity contribution in [1.82, 2.24) is 10.3 Å². The minimum atomic E-state index is -0.102. The smallest absolute Gasteiger partial charge is 0.227 e. The van der Waals surface area contributed by atoms with E-state index in [0.717, 1.165) is 24.9 Å². The van der Waals surface area contributed by atoms with Crippen LogP contribution in [-0.4, -0.2) is 29.9 Å². The molecule has 0 aliphatic carbocycles. The fraction of sp³-hybridized carbons (Fsp3) is 0.500. The average Bonchev–Trinajstić information content (AvgIpc) is 2.42. The molecule has 1 amide bonds. The zero-order valence-corrected chi connectivity index (χ0v) is 14.9. The zero-order valence-electron chi connectivity index (χ0n) is 12.6. The number of amides is 1. The molecular weight excluding hydrogens is 381 g/mol. The minimum Gasteiger partial charge on any atom is -0.370 e. The molecule has 0 radical (unpaired) electrons. The third-order valence-electron chi connectivity index (χ3n) is 2.63. The summed E-state index contributed by atoms with van der Waals surface area (Å²) in [5.41, 5.74) is 6.72. The van der Waals surface area contributed by atoms with E-state index in [9.17, 15) is 4.79 Å². The van der Waals surface area contributed by atoms with Gasteiger partial charge in [0.05, 0.1) is 0 Å². The Morgan fingerprint density at radius 3 is 2.81 bits per heavy atom. The molecule has 0 bridgehead atoms. The van der Waals surface area contributed by atoms with Gasteiger partial charge >= 0.3 is 0 Å². The van der Waals surface area contributed by atoms with Gasteiger partial charge in [-0.05, 0) is 25.0 Å². The number of aliphatic imine (C=N–C) groups is 1. The fourth-order valence-electron chi connectivity index (χ4n) is 1.46. The van der Waals surface area contributed by atoms with Gasteiger partial charge in [-0.3, -0.25) is 9.79 Å². The van der Waals surface area contributed by atoms with Crippen LogP contribution in [0.4, 0.5) is 5.82 Å². The predicted molar refractivity (Wildman–Crippen MR) is 97.0 cm³/mol. The fourth-order valence-corrected chi connectivity index (χ4v) is 1.46. The van der Waals surface area contributed by atoms with Gasteiger partial charge in [0.15, 0.2) is 5.96 Å². The molecular formula is C14H24IN5O. The van der Waals surface area contributed by atoms with E-state index >= 15 is 0 Å². The van der Waals surface area contributed by atoms with Crippen molar-refractivity contribution >= 4 is 41.7 Å². The van der Waals surface area contributed by atoms with Gasteiger partial charge in [0, 0.05) is 25.7 Å². The van der Waals surface area contributed by atoms with Gasteiger partial charge in [-0.25, -0.2) is 4.98 Å². The van der Waals surface area contributed by atoms with E-state index < -0.39 is 0 Å². The normalized spacial score (nSPS) is 10.7. The summed E-state index contributed by atoms with van der Waals surface area (Å²) >= 11 is 0. The molecule has 1 heterocycles. The number of aryl methyl sites for hydroxylation is 1. The number of guanidine groups is 1. The summed E-state index contributed by atoms with van der Waals surface area (Å²) in [7, 11) is 0. The lowest BCUT2D eigenvalue weighted by atomic mass is 10.3. The lowest BCUT2D eigenvalue weighted by Crippen LogP contribution is -2.34. The summed E-state index contributed by atoms with van der Waals surface area (Å²) < 4.78 is 0. The van der Waals surface area contributed by atoms with Crippen LogP contribution in [0.15, 0.2) is 23.3 Å². The van der Waals surface area contributed by atoms with Crippen molar-refractivity contribution in [1.29, 1.82) is 0 Å². The highest BCUT2D eigenvalue weighted by atomic mass is 127. The monoisotopic (exact) mass is 405 g/mol. The summed E-state index contributed by atoms with van der Waals surface area (Å²) in [6, 6.07) is 3.68. The molecule has 0 saturated heterocycles. The van der Waals surface area contributed by atoms with Crippen LogP contribution >= 0.6 is 24.0 Å². The molecule has 0 fully saturated rings. The molecule has 21 heavy (non-hydrogen) atoms. The number of nitrogens with two attached hydrogens (primary N) is 1. The Labute approximate surface area is 143 Å². The van der Waals surface area contributed by atoms with Crippen molar-refractivity contribution in [2.24, 2.45) is 10.7 Å². The molecule has 1 aromatic rings. The minimum absolute atomic E-state index is 0. The summed E-state index contributed by atoms with van der Waals surface area (Å²) in [4.78, 5) is 19.9. The van der Waals surface area contributed by atoms with Gasteiger partial charge in [0.2, 0.25) is 5.91 Å². The van der Waals surface area contributed by atoms with Gasteiger partial charge in [-0.15, -0.1) is 24.0 Å². The predicted octanol–water partition coefficient (Wildman–Crippen LogP) is 2.04. The molecule has 4 N–H and O–H groups in total. The first-order valence-electron chi connectivity index (χ1n) is 6.88. The first kappa shape index (κ1) is 19.6. The van der Waals surface area contributed by atoms with E-state index in [1.807, 2.05) is 13.0 Å². The third kappa shape index (κ3) is 9.22.